The zero-order valence-electron chi connectivity index (χ0n) is 11.0. The molecule has 0 aromatic rings. The van der Waals surface area contributed by atoms with Crippen molar-refractivity contribution in [3.8, 4) is 0 Å². The first-order valence-electron chi connectivity index (χ1n) is 6.24. The average Bonchev–Trinajstić information content (AvgIpc) is 2.30. The van der Waals surface area contributed by atoms with E-state index in [1.54, 1.807) is 0 Å². The predicted octanol–water partition coefficient (Wildman–Crippen LogP) is 1.09. The van der Waals surface area contributed by atoms with Crippen LogP contribution in [0.5, 0.6) is 0 Å². The largest absolute Gasteiger partial charge is 0.329 e. The number of likely N-dealkylation sites (tertiary alicyclic amines) is 1. The Hall–Kier alpha value is 0.230. The lowest BCUT2D eigenvalue weighted by Crippen LogP contribution is -2.46. The number of nitrogens with two attached hydrogens (primary N) is 1. The molecule has 1 aliphatic heterocycles. The maximum Gasteiger partial charge on any atom is 0.0303 e. The molecule has 0 aliphatic carbocycles. The van der Waals surface area contributed by atoms with E-state index in [-0.39, 0.29) is 0 Å². The lowest BCUT2D eigenvalue weighted by atomic mass is 9.95. The molecule has 16 heavy (non-hydrogen) atoms. The Balaban J connectivity index is 2.21. The third-order valence-electron chi connectivity index (χ3n) is 3.65. The molecule has 0 bridgehead atoms. The van der Waals surface area contributed by atoms with Gasteiger partial charge in [0.1, 0.15) is 0 Å². The van der Waals surface area contributed by atoms with Crippen LogP contribution in [0.15, 0.2) is 0 Å². The Morgan fingerprint density at radius 3 is 2.38 bits per heavy atom. The molecule has 0 amide bonds. The maximum absolute atomic E-state index is 5.89. The number of piperidine rings is 1. The molecular formula is C12H27N3S. The van der Waals surface area contributed by atoms with E-state index in [0.717, 1.165) is 6.54 Å². The van der Waals surface area contributed by atoms with Gasteiger partial charge in [0.25, 0.3) is 0 Å². The van der Waals surface area contributed by atoms with Gasteiger partial charge in [0, 0.05) is 11.3 Å². The summed E-state index contributed by atoms with van der Waals surface area (Å²) in [4.78, 5) is 4.85. The fourth-order valence-electron chi connectivity index (χ4n) is 2.29. The van der Waals surface area contributed by atoms with Gasteiger partial charge in [0.05, 0.1) is 0 Å². The molecule has 1 heterocycles. The lowest BCUT2D eigenvalue weighted by molar-refractivity contribution is 0.194. The van der Waals surface area contributed by atoms with Gasteiger partial charge in [-0.25, -0.2) is 0 Å². The first-order chi connectivity index (χ1) is 7.62. The van der Waals surface area contributed by atoms with E-state index in [0.29, 0.717) is 4.75 Å². The van der Waals surface area contributed by atoms with Gasteiger partial charge in [-0.05, 0) is 65.8 Å². The molecule has 0 radical (unpaired) electrons. The summed E-state index contributed by atoms with van der Waals surface area (Å²) in [6.07, 6.45) is 6.00. The predicted molar refractivity (Wildman–Crippen MR) is 74.1 cm³/mol. The number of nitrogens with zero attached hydrogens (tertiary/aromatic N) is 2. The second-order valence-corrected chi connectivity index (χ2v) is 6.36. The van der Waals surface area contributed by atoms with Gasteiger partial charge in [-0.2, -0.15) is 11.8 Å². The molecule has 1 saturated heterocycles. The highest BCUT2D eigenvalue weighted by molar-refractivity contribution is 8.00. The van der Waals surface area contributed by atoms with Crippen molar-refractivity contribution in [2.75, 3.05) is 53.1 Å². The van der Waals surface area contributed by atoms with Gasteiger partial charge in [-0.15, -0.1) is 0 Å². The zero-order valence-corrected chi connectivity index (χ0v) is 11.9. The molecule has 3 nitrogen and oxygen atoms in total. The van der Waals surface area contributed by atoms with E-state index in [9.17, 15) is 0 Å². The van der Waals surface area contributed by atoms with E-state index in [1.165, 1.54) is 45.4 Å². The number of hydrogen-bond acceptors (Lipinski definition) is 4. The molecule has 0 spiro atoms. The standard InChI is InChI=1S/C12H27N3S/c1-14(2)7-4-8-15-9-5-12(11-13,16-3)6-10-15/h4-11,13H2,1-3H3. The van der Waals surface area contributed by atoms with E-state index in [4.69, 9.17) is 5.73 Å². The average molecular weight is 245 g/mol. The van der Waals surface area contributed by atoms with Crippen LogP contribution in [0.25, 0.3) is 0 Å². The summed E-state index contributed by atoms with van der Waals surface area (Å²) in [5.74, 6) is 0. The minimum absolute atomic E-state index is 0.373. The fraction of sp³-hybridized carbons (Fsp3) is 1.00. The van der Waals surface area contributed by atoms with Gasteiger partial charge in [0.2, 0.25) is 0 Å². The van der Waals surface area contributed by atoms with Crippen LogP contribution in [0.1, 0.15) is 19.3 Å². The Morgan fingerprint density at radius 1 is 1.31 bits per heavy atom. The monoisotopic (exact) mass is 245 g/mol. The lowest BCUT2D eigenvalue weighted by Gasteiger charge is -2.40. The Kier molecular flexibility index (Phi) is 6.11. The molecule has 0 aromatic carbocycles. The van der Waals surface area contributed by atoms with Gasteiger partial charge >= 0.3 is 0 Å². The van der Waals surface area contributed by atoms with Crippen LogP contribution >= 0.6 is 11.8 Å². The first kappa shape index (κ1) is 14.3. The summed E-state index contributed by atoms with van der Waals surface area (Å²) in [5, 5.41) is 0. The molecule has 1 fully saturated rings. The molecule has 0 atom stereocenters. The summed E-state index contributed by atoms with van der Waals surface area (Å²) >= 11 is 1.96. The van der Waals surface area contributed by atoms with Crippen LogP contribution in [-0.2, 0) is 0 Å². The summed E-state index contributed by atoms with van der Waals surface area (Å²) in [6, 6.07) is 0. The molecular weight excluding hydrogens is 218 g/mol. The van der Waals surface area contributed by atoms with Crippen LogP contribution in [0.2, 0.25) is 0 Å². The minimum atomic E-state index is 0.373. The second-order valence-electron chi connectivity index (χ2n) is 5.09. The highest BCUT2D eigenvalue weighted by atomic mass is 32.2. The number of hydrogen-bond donors (Lipinski definition) is 1. The normalized spacial score (nSPS) is 21.6. The fourth-order valence-corrected chi connectivity index (χ4v) is 3.04. The Morgan fingerprint density at radius 2 is 1.94 bits per heavy atom. The second kappa shape index (κ2) is 6.84. The van der Waals surface area contributed by atoms with Crippen molar-refractivity contribution in [2.45, 2.75) is 24.0 Å². The van der Waals surface area contributed by atoms with Crippen LogP contribution < -0.4 is 5.73 Å². The molecule has 1 rings (SSSR count). The van der Waals surface area contributed by atoms with Crippen molar-refractivity contribution in [3.05, 3.63) is 0 Å². The van der Waals surface area contributed by atoms with Crippen molar-refractivity contribution in [1.29, 1.82) is 0 Å². The third-order valence-corrected chi connectivity index (χ3v) is 5.09. The minimum Gasteiger partial charge on any atom is -0.329 e. The zero-order chi connectivity index (χ0) is 12.0. The number of thioether (sulfide) groups is 1. The van der Waals surface area contributed by atoms with Crippen molar-refractivity contribution in [3.63, 3.8) is 0 Å². The smallest absolute Gasteiger partial charge is 0.0303 e. The van der Waals surface area contributed by atoms with E-state index in [1.807, 2.05) is 11.8 Å². The molecule has 0 saturated carbocycles. The summed E-state index contributed by atoms with van der Waals surface area (Å²) in [5.41, 5.74) is 5.89. The quantitative estimate of drug-likeness (QED) is 0.759. The summed E-state index contributed by atoms with van der Waals surface area (Å²) in [7, 11) is 4.28. The molecule has 4 heteroatoms. The molecule has 0 aromatic heterocycles. The third kappa shape index (κ3) is 4.24. The van der Waals surface area contributed by atoms with Crippen molar-refractivity contribution < 1.29 is 0 Å². The Labute approximate surface area is 105 Å². The van der Waals surface area contributed by atoms with Crippen LogP contribution in [0.4, 0.5) is 0 Å². The van der Waals surface area contributed by atoms with Gasteiger partial charge in [-0.1, -0.05) is 0 Å². The highest BCUT2D eigenvalue weighted by Crippen LogP contribution is 2.33. The van der Waals surface area contributed by atoms with Crippen molar-refractivity contribution >= 4 is 11.8 Å². The SMILES string of the molecule is CSC1(CN)CCN(CCCN(C)C)CC1. The van der Waals surface area contributed by atoms with Crippen molar-refractivity contribution in [1.82, 2.24) is 9.80 Å². The van der Waals surface area contributed by atoms with Crippen molar-refractivity contribution in [2.24, 2.45) is 5.73 Å². The molecule has 1 aliphatic rings. The molecule has 2 N–H and O–H groups in total. The summed E-state index contributed by atoms with van der Waals surface area (Å²) < 4.78 is 0.373. The molecule has 96 valence electrons. The highest BCUT2D eigenvalue weighted by Gasteiger charge is 2.32. The first-order valence-corrected chi connectivity index (χ1v) is 7.47. The van der Waals surface area contributed by atoms with Gasteiger partial charge in [0.15, 0.2) is 0 Å². The summed E-state index contributed by atoms with van der Waals surface area (Å²) in [6.45, 7) is 5.73. The molecule has 0 unspecified atom stereocenters. The van der Waals surface area contributed by atoms with Gasteiger partial charge < -0.3 is 15.5 Å². The van der Waals surface area contributed by atoms with Crippen LogP contribution in [0.3, 0.4) is 0 Å². The number of rotatable bonds is 6. The van der Waals surface area contributed by atoms with E-state index >= 15 is 0 Å². The topological polar surface area (TPSA) is 32.5 Å². The maximum atomic E-state index is 5.89. The van der Waals surface area contributed by atoms with Crippen LogP contribution in [-0.4, -0.2) is 67.6 Å². The van der Waals surface area contributed by atoms with E-state index < -0.39 is 0 Å². The van der Waals surface area contributed by atoms with Crippen LogP contribution in [0, 0.1) is 0 Å². The van der Waals surface area contributed by atoms with Gasteiger partial charge in [-0.3, -0.25) is 0 Å². The van der Waals surface area contributed by atoms with E-state index in [2.05, 4.69) is 30.2 Å². The Bertz CT molecular complexity index is 183.